The molecule has 0 bridgehead atoms. The summed E-state index contributed by atoms with van der Waals surface area (Å²) >= 11 is 0. The van der Waals surface area contributed by atoms with Gasteiger partial charge in [0.2, 0.25) is 5.91 Å². The Morgan fingerprint density at radius 3 is 2.24 bits per heavy atom. The van der Waals surface area contributed by atoms with Gasteiger partial charge in [-0.2, -0.15) is 0 Å². The molecule has 2 aliphatic carbocycles. The molecule has 1 saturated heterocycles. The highest BCUT2D eigenvalue weighted by atomic mass is 16.2. The maximum atomic E-state index is 13.1. The lowest BCUT2D eigenvalue weighted by Crippen LogP contribution is -2.41. The highest BCUT2D eigenvalue weighted by Crippen LogP contribution is 2.38. The van der Waals surface area contributed by atoms with Crippen molar-refractivity contribution >= 4 is 11.8 Å². The summed E-state index contributed by atoms with van der Waals surface area (Å²) in [5.74, 6) is 0.699. The van der Waals surface area contributed by atoms with Crippen LogP contribution in [-0.2, 0) is 4.79 Å². The SMILES string of the molecule is Cc1cc(C(=O)N2CCCN(C(=O)C3CCC3)CC2)c(C)n1C1CC1. The lowest BCUT2D eigenvalue weighted by molar-refractivity contribution is -0.138. The van der Waals surface area contributed by atoms with Gasteiger partial charge >= 0.3 is 0 Å². The third kappa shape index (κ3) is 3.09. The number of aryl methyl sites for hydroxylation is 1. The molecule has 136 valence electrons. The fourth-order valence-electron chi connectivity index (χ4n) is 4.31. The number of carbonyl (C=O) groups is 2. The molecule has 2 amide bonds. The van der Waals surface area contributed by atoms with Crippen LogP contribution in [0.3, 0.4) is 0 Å². The van der Waals surface area contributed by atoms with Gasteiger partial charge in [0.05, 0.1) is 5.56 Å². The van der Waals surface area contributed by atoms with Gasteiger partial charge in [-0.05, 0) is 52.0 Å². The molecule has 0 radical (unpaired) electrons. The molecule has 0 unspecified atom stereocenters. The number of amides is 2. The van der Waals surface area contributed by atoms with Gasteiger partial charge in [0.25, 0.3) is 5.91 Å². The zero-order valence-corrected chi connectivity index (χ0v) is 15.5. The van der Waals surface area contributed by atoms with E-state index in [9.17, 15) is 9.59 Å². The molecule has 5 heteroatoms. The van der Waals surface area contributed by atoms with Crippen molar-refractivity contribution in [2.45, 2.75) is 58.4 Å². The van der Waals surface area contributed by atoms with E-state index in [1.54, 1.807) is 0 Å². The van der Waals surface area contributed by atoms with E-state index in [-0.39, 0.29) is 11.8 Å². The van der Waals surface area contributed by atoms with Crippen molar-refractivity contribution in [3.05, 3.63) is 23.0 Å². The second kappa shape index (κ2) is 6.50. The van der Waals surface area contributed by atoms with Crippen LogP contribution in [0.1, 0.15) is 66.3 Å². The Hall–Kier alpha value is -1.78. The van der Waals surface area contributed by atoms with E-state index < -0.39 is 0 Å². The summed E-state index contributed by atoms with van der Waals surface area (Å²) in [5, 5.41) is 0. The first kappa shape index (κ1) is 16.7. The molecule has 0 aromatic carbocycles. The zero-order chi connectivity index (χ0) is 17.6. The van der Waals surface area contributed by atoms with Crippen LogP contribution >= 0.6 is 0 Å². The Bertz CT molecular complexity index is 685. The molecule has 0 atom stereocenters. The van der Waals surface area contributed by atoms with Crippen LogP contribution in [0.15, 0.2) is 6.07 Å². The molecular formula is C20H29N3O2. The summed E-state index contributed by atoms with van der Waals surface area (Å²) in [6, 6.07) is 2.65. The van der Waals surface area contributed by atoms with Crippen LogP contribution in [-0.4, -0.2) is 52.4 Å². The van der Waals surface area contributed by atoms with E-state index >= 15 is 0 Å². The summed E-state index contributed by atoms with van der Waals surface area (Å²) in [6.45, 7) is 7.06. The predicted molar refractivity (Wildman–Crippen MR) is 96.6 cm³/mol. The first-order valence-corrected chi connectivity index (χ1v) is 9.82. The van der Waals surface area contributed by atoms with Gasteiger partial charge < -0.3 is 14.4 Å². The number of rotatable bonds is 3. The van der Waals surface area contributed by atoms with Gasteiger partial charge in [-0.3, -0.25) is 9.59 Å². The van der Waals surface area contributed by atoms with Crippen LogP contribution in [0.25, 0.3) is 0 Å². The molecule has 0 spiro atoms. The first-order chi connectivity index (χ1) is 12.1. The van der Waals surface area contributed by atoms with Gasteiger partial charge in [0.1, 0.15) is 0 Å². The summed E-state index contributed by atoms with van der Waals surface area (Å²) in [4.78, 5) is 29.5. The number of nitrogens with zero attached hydrogens (tertiary/aromatic N) is 3. The molecule has 5 nitrogen and oxygen atoms in total. The summed E-state index contributed by atoms with van der Waals surface area (Å²) in [5.41, 5.74) is 3.15. The monoisotopic (exact) mass is 343 g/mol. The van der Waals surface area contributed by atoms with Crippen molar-refractivity contribution in [3.63, 3.8) is 0 Å². The molecule has 25 heavy (non-hydrogen) atoms. The lowest BCUT2D eigenvalue weighted by atomic mass is 9.84. The summed E-state index contributed by atoms with van der Waals surface area (Å²) < 4.78 is 2.33. The quantitative estimate of drug-likeness (QED) is 0.847. The maximum Gasteiger partial charge on any atom is 0.255 e. The van der Waals surface area contributed by atoms with Crippen LogP contribution < -0.4 is 0 Å². The Labute approximate surface area is 150 Å². The van der Waals surface area contributed by atoms with Crippen molar-refractivity contribution in [1.82, 2.24) is 14.4 Å². The van der Waals surface area contributed by atoms with E-state index in [1.165, 1.54) is 25.0 Å². The Balaban J connectivity index is 1.44. The van der Waals surface area contributed by atoms with Crippen molar-refractivity contribution in [2.75, 3.05) is 26.2 Å². The highest BCUT2D eigenvalue weighted by molar-refractivity contribution is 5.96. The maximum absolute atomic E-state index is 13.1. The van der Waals surface area contributed by atoms with Crippen LogP contribution in [0.5, 0.6) is 0 Å². The number of carbonyl (C=O) groups excluding carboxylic acids is 2. The van der Waals surface area contributed by atoms with E-state index in [2.05, 4.69) is 24.5 Å². The normalized spacial score (nSPS) is 21.8. The standard InChI is InChI=1S/C20H29N3O2/c1-14-13-18(15(2)23(14)17-7-8-17)20(25)22-10-4-9-21(11-12-22)19(24)16-5-3-6-16/h13,16-17H,3-12H2,1-2H3. The average molecular weight is 343 g/mol. The third-order valence-electron chi connectivity index (χ3n) is 6.18. The highest BCUT2D eigenvalue weighted by Gasteiger charge is 2.32. The molecule has 3 fully saturated rings. The van der Waals surface area contributed by atoms with Gasteiger partial charge in [-0.25, -0.2) is 0 Å². The fourth-order valence-corrected chi connectivity index (χ4v) is 4.31. The predicted octanol–water partition coefficient (Wildman–Crippen LogP) is 2.91. The second-order valence-corrected chi connectivity index (χ2v) is 7.98. The molecule has 4 rings (SSSR count). The largest absolute Gasteiger partial charge is 0.345 e. The molecule has 2 saturated carbocycles. The average Bonchev–Trinajstić information content (AvgIpc) is 3.33. The van der Waals surface area contributed by atoms with Gasteiger partial charge in [-0.1, -0.05) is 6.42 Å². The van der Waals surface area contributed by atoms with Crippen LogP contribution in [0, 0.1) is 19.8 Å². The molecule has 3 aliphatic rings. The van der Waals surface area contributed by atoms with Crippen LogP contribution in [0.2, 0.25) is 0 Å². The van der Waals surface area contributed by atoms with E-state index in [0.29, 0.717) is 25.0 Å². The minimum atomic E-state index is 0.137. The number of aromatic nitrogens is 1. The molecule has 1 aromatic rings. The molecule has 1 aliphatic heterocycles. The van der Waals surface area contributed by atoms with Crippen molar-refractivity contribution in [2.24, 2.45) is 5.92 Å². The van der Waals surface area contributed by atoms with Crippen molar-refractivity contribution in [3.8, 4) is 0 Å². The van der Waals surface area contributed by atoms with E-state index in [1.807, 2.05) is 9.80 Å². The summed E-state index contributed by atoms with van der Waals surface area (Å²) in [6.07, 6.45) is 6.62. The van der Waals surface area contributed by atoms with Crippen molar-refractivity contribution in [1.29, 1.82) is 0 Å². The van der Waals surface area contributed by atoms with E-state index in [0.717, 1.165) is 43.6 Å². The molecule has 1 aromatic heterocycles. The minimum Gasteiger partial charge on any atom is -0.345 e. The first-order valence-electron chi connectivity index (χ1n) is 9.82. The zero-order valence-electron chi connectivity index (χ0n) is 15.5. The topological polar surface area (TPSA) is 45.6 Å². The molecular weight excluding hydrogens is 314 g/mol. The van der Waals surface area contributed by atoms with Crippen molar-refractivity contribution < 1.29 is 9.59 Å². The molecule has 2 heterocycles. The Morgan fingerprint density at radius 1 is 0.920 bits per heavy atom. The lowest BCUT2D eigenvalue weighted by Gasteiger charge is -2.31. The number of hydrogen-bond donors (Lipinski definition) is 0. The van der Waals surface area contributed by atoms with Gasteiger partial charge in [-0.15, -0.1) is 0 Å². The third-order valence-corrected chi connectivity index (χ3v) is 6.18. The van der Waals surface area contributed by atoms with Gasteiger partial charge in [0.15, 0.2) is 0 Å². The van der Waals surface area contributed by atoms with Gasteiger partial charge in [0, 0.05) is 49.5 Å². The Kier molecular flexibility index (Phi) is 4.34. The second-order valence-electron chi connectivity index (χ2n) is 7.98. The van der Waals surface area contributed by atoms with Crippen LogP contribution in [0.4, 0.5) is 0 Å². The Morgan fingerprint density at radius 2 is 1.60 bits per heavy atom. The summed E-state index contributed by atoms with van der Waals surface area (Å²) in [7, 11) is 0. The fraction of sp³-hybridized carbons (Fsp3) is 0.700. The minimum absolute atomic E-state index is 0.137. The molecule has 0 N–H and O–H groups in total. The smallest absolute Gasteiger partial charge is 0.255 e. The number of hydrogen-bond acceptors (Lipinski definition) is 2. The van der Waals surface area contributed by atoms with E-state index in [4.69, 9.17) is 0 Å².